The molecule has 1 unspecified atom stereocenters. The zero-order valence-electron chi connectivity index (χ0n) is 13.8. The van der Waals surface area contributed by atoms with Gasteiger partial charge in [0.25, 0.3) is 0 Å². The minimum Gasteiger partial charge on any atom is -0.507 e. The number of carbonyl (C=O) groups is 1. The fourth-order valence-corrected chi connectivity index (χ4v) is 2.61. The average molecular weight is 306 g/mol. The van der Waals surface area contributed by atoms with Gasteiger partial charge in [-0.05, 0) is 22.0 Å². The van der Waals surface area contributed by atoms with Crippen molar-refractivity contribution in [2.75, 3.05) is 0 Å². The smallest absolute Gasteiger partial charge is 0.328 e. The number of allylic oxidation sites excluding steroid dienone is 5. The van der Waals surface area contributed by atoms with Crippen LogP contribution in [0.5, 0.6) is 0 Å². The number of rotatable bonds is 2. The summed E-state index contributed by atoms with van der Waals surface area (Å²) in [6.45, 7) is 16.2. The zero-order valence-corrected chi connectivity index (χ0v) is 13.8. The van der Waals surface area contributed by atoms with Gasteiger partial charge in [-0.2, -0.15) is 0 Å². The largest absolute Gasteiger partial charge is 0.507 e. The van der Waals surface area contributed by atoms with Gasteiger partial charge in [-0.3, -0.25) is 0 Å². The fraction of sp³-hybridized carbons (Fsp3) is 0.526. The molecule has 0 spiro atoms. The molecule has 3 heteroatoms. The fourth-order valence-electron chi connectivity index (χ4n) is 2.61. The number of aliphatic carboxylic acids is 1. The van der Waals surface area contributed by atoms with Gasteiger partial charge in [0.05, 0.1) is 0 Å². The maximum absolute atomic E-state index is 10.8. The van der Waals surface area contributed by atoms with E-state index in [4.69, 9.17) is 5.11 Å². The Labute approximate surface area is 134 Å². The van der Waals surface area contributed by atoms with Gasteiger partial charge >= 0.3 is 5.97 Å². The van der Waals surface area contributed by atoms with Crippen LogP contribution in [0.15, 0.2) is 47.3 Å². The molecular weight excluding hydrogens is 276 g/mol. The van der Waals surface area contributed by atoms with Crippen LogP contribution in [0.25, 0.3) is 0 Å². The van der Waals surface area contributed by atoms with Gasteiger partial charge in [0.2, 0.25) is 0 Å². The Kier molecular flexibility index (Phi) is 6.03. The third-order valence-electron chi connectivity index (χ3n) is 3.57. The first-order valence-electron chi connectivity index (χ1n) is 7.12. The van der Waals surface area contributed by atoms with Gasteiger partial charge in [0, 0.05) is 17.6 Å². The molecule has 2 N–H and O–H groups in total. The number of aliphatic hydroxyl groups excluding tert-OH is 1. The highest BCUT2D eigenvalue weighted by Crippen LogP contribution is 2.46. The summed E-state index contributed by atoms with van der Waals surface area (Å²) in [7, 11) is 0. The second kappa shape index (κ2) is 6.55. The predicted molar refractivity (Wildman–Crippen MR) is 92.8 cm³/mol. The summed E-state index contributed by atoms with van der Waals surface area (Å²) in [5.41, 5.74) is 1.90. The molecule has 0 bridgehead atoms. The zero-order chi connectivity index (χ0) is 16.6. The van der Waals surface area contributed by atoms with Crippen LogP contribution in [0, 0.1) is 16.7 Å². The van der Waals surface area contributed by atoms with Crippen molar-refractivity contribution in [3.63, 3.8) is 0 Å². The molecule has 1 aliphatic rings. The summed E-state index contributed by atoms with van der Waals surface area (Å²) in [6.07, 6.45) is 4.66. The van der Waals surface area contributed by atoms with Crippen LogP contribution in [0.4, 0.5) is 0 Å². The highest BCUT2D eigenvalue weighted by atomic mass is 16.4. The highest BCUT2D eigenvalue weighted by molar-refractivity contribution is 5.80. The van der Waals surface area contributed by atoms with E-state index in [1.165, 1.54) is 0 Å². The molecule has 0 amide bonds. The van der Waals surface area contributed by atoms with Crippen molar-refractivity contribution < 1.29 is 15.0 Å². The Morgan fingerprint density at radius 1 is 1.18 bits per heavy atom. The Morgan fingerprint density at radius 3 is 2.05 bits per heavy atom. The third-order valence-corrected chi connectivity index (χ3v) is 3.57. The van der Waals surface area contributed by atoms with Crippen LogP contribution in [0.3, 0.4) is 0 Å². The SMILES string of the molecule is C.C=C1C(C(C)(C)C)=C(O)C(C(C)(C)C)=CC1C=CC(=O)O. The van der Waals surface area contributed by atoms with E-state index in [9.17, 15) is 9.90 Å². The molecule has 3 nitrogen and oxygen atoms in total. The van der Waals surface area contributed by atoms with Crippen LogP contribution >= 0.6 is 0 Å². The summed E-state index contributed by atoms with van der Waals surface area (Å²) < 4.78 is 0. The van der Waals surface area contributed by atoms with Crippen molar-refractivity contribution in [2.45, 2.75) is 49.0 Å². The molecule has 1 rings (SSSR count). The summed E-state index contributed by atoms with van der Waals surface area (Å²) in [5.74, 6) is -0.912. The molecule has 0 fully saturated rings. The molecule has 0 aromatic heterocycles. The van der Waals surface area contributed by atoms with Crippen LogP contribution in [-0.2, 0) is 4.79 Å². The molecule has 124 valence electrons. The van der Waals surface area contributed by atoms with E-state index in [0.29, 0.717) is 0 Å². The van der Waals surface area contributed by atoms with E-state index in [1.807, 2.05) is 47.6 Å². The lowest BCUT2D eigenvalue weighted by Gasteiger charge is -2.36. The van der Waals surface area contributed by atoms with E-state index in [-0.39, 0.29) is 29.9 Å². The third kappa shape index (κ3) is 4.36. The highest BCUT2D eigenvalue weighted by Gasteiger charge is 2.35. The quantitative estimate of drug-likeness (QED) is 0.682. The van der Waals surface area contributed by atoms with Crippen molar-refractivity contribution in [1.29, 1.82) is 0 Å². The van der Waals surface area contributed by atoms with E-state index < -0.39 is 5.97 Å². The van der Waals surface area contributed by atoms with Crippen LogP contribution in [0.2, 0.25) is 0 Å². The molecule has 22 heavy (non-hydrogen) atoms. The van der Waals surface area contributed by atoms with Crippen LogP contribution in [0.1, 0.15) is 49.0 Å². The van der Waals surface area contributed by atoms with Gasteiger partial charge in [0.15, 0.2) is 0 Å². The molecule has 1 atom stereocenters. The Morgan fingerprint density at radius 2 is 1.68 bits per heavy atom. The molecule has 1 aliphatic carbocycles. The molecule has 0 aliphatic heterocycles. The number of hydrogen-bond donors (Lipinski definition) is 2. The first kappa shape index (κ1) is 20.2. The maximum atomic E-state index is 10.8. The number of carboxylic acid groups (broad SMARTS) is 1. The number of aliphatic hydroxyl groups is 1. The van der Waals surface area contributed by atoms with Crippen LogP contribution < -0.4 is 0 Å². The lowest BCUT2D eigenvalue weighted by Crippen LogP contribution is -2.25. The normalized spacial score (nSPS) is 20.0. The molecule has 0 heterocycles. The predicted octanol–water partition coefficient (Wildman–Crippen LogP) is 5.28. The number of hydrogen-bond acceptors (Lipinski definition) is 2. The topological polar surface area (TPSA) is 57.5 Å². The molecule has 0 radical (unpaired) electrons. The van der Waals surface area contributed by atoms with E-state index in [2.05, 4.69) is 6.58 Å². The van der Waals surface area contributed by atoms with Gasteiger partial charge in [-0.25, -0.2) is 4.79 Å². The van der Waals surface area contributed by atoms with E-state index >= 15 is 0 Å². The monoisotopic (exact) mass is 306 g/mol. The molecule has 0 saturated carbocycles. The van der Waals surface area contributed by atoms with Crippen molar-refractivity contribution in [3.8, 4) is 0 Å². The van der Waals surface area contributed by atoms with E-state index in [1.54, 1.807) is 6.08 Å². The Balaban J connectivity index is 0.00000441. The summed E-state index contributed by atoms with van der Waals surface area (Å²) >= 11 is 0. The maximum Gasteiger partial charge on any atom is 0.328 e. The first-order chi connectivity index (χ1) is 9.35. The van der Waals surface area contributed by atoms with Gasteiger partial charge in [-0.15, -0.1) is 0 Å². The van der Waals surface area contributed by atoms with Gasteiger partial charge < -0.3 is 10.2 Å². The second-order valence-electron chi connectivity index (χ2n) is 7.55. The van der Waals surface area contributed by atoms with Crippen LogP contribution in [-0.4, -0.2) is 16.2 Å². The van der Waals surface area contributed by atoms with E-state index in [0.717, 1.165) is 22.8 Å². The van der Waals surface area contributed by atoms with Crippen molar-refractivity contribution in [1.82, 2.24) is 0 Å². The average Bonchev–Trinajstić information content (AvgIpc) is 2.23. The van der Waals surface area contributed by atoms with Crippen molar-refractivity contribution in [3.05, 3.63) is 47.3 Å². The molecular formula is C19H30O3. The van der Waals surface area contributed by atoms with Gasteiger partial charge in [0.1, 0.15) is 5.76 Å². The Hall–Kier alpha value is -1.77. The summed E-state index contributed by atoms with van der Waals surface area (Å²) in [6, 6.07) is 0. The Bertz CT molecular complexity index is 546. The molecule has 0 aromatic rings. The van der Waals surface area contributed by atoms with Crippen molar-refractivity contribution in [2.24, 2.45) is 16.7 Å². The second-order valence-corrected chi connectivity index (χ2v) is 7.55. The summed E-state index contributed by atoms with van der Waals surface area (Å²) in [4.78, 5) is 10.8. The lowest BCUT2D eigenvalue weighted by molar-refractivity contribution is -0.131. The summed E-state index contributed by atoms with van der Waals surface area (Å²) in [5, 5.41) is 19.5. The molecule has 0 aromatic carbocycles. The first-order valence-corrected chi connectivity index (χ1v) is 7.12. The van der Waals surface area contributed by atoms with Gasteiger partial charge in [-0.1, -0.05) is 67.7 Å². The minimum absolute atomic E-state index is 0. The van der Waals surface area contributed by atoms with Crippen molar-refractivity contribution >= 4 is 5.97 Å². The standard InChI is InChI=1S/C18H26O3.CH4/c1-11-12(8-9-14(19)20)10-13(17(2,3)4)16(21)15(11)18(5,6)7;/h8-10,12,21H,1H2,2-7H3,(H,19,20);1H4. The molecule has 0 saturated heterocycles. The number of carboxylic acids is 1. The lowest BCUT2D eigenvalue weighted by atomic mass is 9.69. The minimum atomic E-state index is -0.982.